The van der Waals surface area contributed by atoms with Crippen molar-refractivity contribution in [2.45, 2.75) is 19.4 Å². The first kappa shape index (κ1) is 13.9. The molecule has 18 heavy (non-hydrogen) atoms. The molecular weight excluding hydrogens is 285 g/mol. The van der Waals surface area contributed by atoms with E-state index in [0.717, 1.165) is 27.2 Å². The second kappa shape index (κ2) is 6.58. The normalized spacial score (nSPS) is 12.6. The van der Waals surface area contributed by atoms with E-state index in [1.807, 2.05) is 12.1 Å². The third-order valence-electron chi connectivity index (χ3n) is 2.79. The molecule has 1 N–H and O–H groups in total. The predicted molar refractivity (Wildman–Crippen MR) is 80.9 cm³/mol. The highest BCUT2D eigenvalue weighted by molar-refractivity contribution is 7.20. The molecule has 0 saturated heterocycles. The molecule has 0 aliphatic heterocycles. The van der Waals surface area contributed by atoms with Gasteiger partial charge in [0.1, 0.15) is 0 Å². The topological polar surface area (TPSA) is 12.0 Å². The van der Waals surface area contributed by atoms with Crippen LogP contribution < -0.4 is 5.32 Å². The molecule has 1 heterocycles. The lowest BCUT2D eigenvalue weighted by Crippen LogP contribution is -2.22. The van der Waals surface area contributed by atoms with E-state index in [4.69, 9.17) is 23.2 Å². The van der Waals surface area contributed by atoms with Crippen molar-refractivity contribution in [2.24, 2.45) is 0 Å². The lowest BCUT2D eigenvalue weighted by atomic mass is 10.0. The molecule has 0 saturated carbocycles. The lowest BCUT2D eigenvalue weighted by molar-refractivity contribution is 0.551. The maximum absolute atomic E-state index is 6.24. The molecule has 0 radical (unpaired) electrons. The number of likely N-dealkylation sites (N-methyl/N-ethyl adjacent to an activating group) is 1. The van der Waals surface area contributed by atoms with Crippen LogP contribution in [0.4, 0.5) is 0 Å². The second-order valence-electron chi connectivity index (χ2n) is 4.08. The SMILES string of the molecule is CCNC(Cc1ccccc1)c1cc(Cl)sc1Cl. The summed E-state index contributed by atoms with van der Waals surface area (Å²) in [5, 5.41) is 3.47. The van der Waals surface area contributed by atoms with Gasteiger partial charge in [-0.15, -0.1) is 11.3 Å². The molecule has 0 amide bonds. The van der Waals surface area contributed by atoms with Gasteiger partial charge in [-0.3, -0.25) is 0 Å². The van der Waals surface area contributed by atoms with E-state index >= 15 is 0 Å². The molecule has 0 aliphatic rings. The number of halogens is 2. The van der Waals surface area contributed by atoms with E-state index in [9.17, 15) is 0 Å². The van der Waals surface area contributed by atoms with Crippen LogP contribution >= 0.6 is 34.5 Å². The highest BCUT2D eigenvalue weighted by Gasteiger charge is 2.17. The average Bonchev–Trinajstić information content (AvgIpc) is 2.69. The fourth-order valence-corrected chi connectivity index (χ4v) is 3.56. The molecule has 0 bridgehead atoms. The maximum Gasteiger partial charge on any atom is 0.0992 e. The van der Waals surface area contributed by atoms with Gasteiger partial charge in [0, 0.05) is 11.6 Å². The summed E-state index contributed by atoms with van der Waals surface area (Å²) in [6.45, 7) is 3.00. The monoisotopic (exact) mass is 299 g/mol. The Hall–Kier alpha value is -0.540. The van der Waals surface area contributed by atoms with E-state index in [2.05, 4.69) is 36.5 Å². The Morgan fingerprint density at radius 2 is 1.94 bits per heavy atom. The van der Waals surface area contributed by atoms with Crippen molar-refractivity contribution in [3.05, 3.63) is 56.2 Å². The fourth-order valence-electron chi connectivity index (χ4n) is 1.98. The third-order valence-corrected chi connectivity index (χ3v) is 4.31. The van der Waals surface area contributed by atoms with E-state index < -0.39 is 0 Å². The zero-order chi connectivity index (χ0) is 13.0. The van der Waals surface area contributed by atoms with Gasteiger partial charge in [-0.2, -0.15) is 0 Å². The predicted octanol–water partition coefficient (Wildman–Crippen LogP) is 4.95. The highest BCUT2D eigenvalue weighted by atomic mass is 35.5. The van der Waals surface area contributed by atoms with Crippen LogP contribution in [0.25, 0.3) is 0 Å². The third kappa shape index (κ3) is 3.48. The Balaban J connectivity index is 2.21. The number of thiophene rings is 1. The summed E-state index contributed by atoms with van der Waals surface area (Å²) in [5.74, 6) is 0. The summed E-state index contributed by atoms with van der Waals surface area (Å²) in [6, 6.07) is 12.6. The van der Waals surface area contributed by atoms with Crippen LogP contribution in [0, 0.1) is 0 Å². The van der Waals surface area contributed by atoms with Gasteiger partial charge in [0.05, 0.1) is 8.67 Å². The van der Waals surface area contributed by atoms with Gasteiger partial charge in [0.2, 0.25) is 0 Å². The largest absolute Gasteiger partial charge is 0.310 e. The van der Waals surface area contributed by atoms with Gasteiger partial charge in [-0.1, -0.05) is 60.5 Å². The van der Waals surface area contributed by atoms with Crippen molar-refractivity contribution in [1.29, 1.82) is 0 Å². The molecule has 1 aromatic heterocycles. The van der Waals surface area contributed by atoms with Crippen molar-refractivity contribution in [3.8, 4) is 0 Å². The summed E-state index contributed by atoms with van der Waals surface area (Å²) in [7, 11) is 0. The average molecular weight is 300 g/mol. The zero-order valence-electron chi connectivity index (χ0n) is 10.1. The molecule has 0 aliphatic carbocycles. The fraction of sp³-hybridized carbons (Fsp3) is 0.286. The zero-order valence-corrected chi connectivity index (χ0v) is 12.4. The van der Waals surface area contributed by atoms with Crippen LogP contribution in [0.15, 0.2) is 36.4 Å². The van der Waals surface area contributed by atoms with Crippen molar-refractivity contribution in [1.82, 2.24) is 5.32 Å². The Morgan fingerprint density at radius 1 is 1.22 bits per heavy atom. The standard InChI is InChI=1S/C14H15Cl2NS/c1-2-17-12(8-10-6-4-3-5-7-10)11-9-13(15)18-14(11)16/h3-7,9,12,17H,2,8H2,1H3. The van der Waals surface area contributed by atoms with E-state index in [0.29, 0.717) is 0 Å². The van der Waals surface area contributed by atoms with Gasteiger partial charge in [0.25, 0.3) is 0 Å². The van der Waals surface area contributed by atoms with Gasteiger partial charge < -0.3 is 5.32 Å². The van der Waals surface area contributed by atoms with Crippen LogP contribution in [-0.2, 0) is 6.42 Å². The molecule has 0 spiro atoms. The first-order chi connectivity index (χ1) is 8.70. The van der Waals surface area contributed by atoms with Gasteiger partial charge >= 0.3 is 0 Å². The van der Waals surface area contributed by atoms with Crippen LogP contribution in [0.1, 0.15) is 24.1 Å². The smallest absolute Gasteiger partial charge is 0.0992 e. The quantitative estimate of drug-likeness (QED) is 0.824. The van der Waals surface area contributed by atoms with Crippen molar-refractivity contribution in [3.63, 3.8) is 0 Å². The Labute approximate surface area is 122 Å². The minimum Gasteiger partial charge on any atom is -0.310 e. The highest BCUT2D eigenvalue weighted by Crippen LogP contribution is 2.36. The summed E-state index contributed by atoms with van der Waals surface area (Å²) >= 11 is 13.7. The molecular formula is C14H15Cl2NS. The summed E-state index contributed by atoms with van der Waals surface area (Å²) in [6.07, 6.45) is 0.918. The molecule has 0 fully saturated rings. The van der Waals surface area contributed by atoms with Gasteiger partial charge in [0.15, 0.2) is 0 Å². The molecule has 1 aromatic carbocycles. The molecule has 1 nitrogen and oxygen atoms in total. The molecule has 2 rings (SSSR count). The Morgan fingerprint density at radius 3 is 2.50 bits per heavy atom. The van der Waals surface area contributed by atoms with E-state index in [-0.39, 0.29) is 6.04 Å². The number of hydrogen-bond donors (Lipinski definition) is 1. The van der Waals surface area contributed by atoms with Crippen molar-refractivity contribution < 1.29 is 0 Å². The first-order valence-corrected chi connectivity index (χ1v) is 7.50. The number of nitrogens with one attached hydrogen (secondary N) is 1. The molecule has 2 aromatic rings. The minimum absolute atomic E-state index is 0.216. The number of benzene rings is 1. The molecule has 4 heteroatoms. The summed E-state index contributed by atoms with van der Waals surface area (Å²) in [4.78, 5) is 0. The Kier molecular flexibility index (Phi) is 5.07. The maximum atomic E-state index is 6.24. The number of hydrogen-bond acceptors (Lipinski definition) is 2. The Bertz CT molecular complexity index is 496. The van der Waals surface area contributed by atoms with Crippen LogP contribution in [0.2, 0.25) is 8.67 Å². The molecule has 1 unspecified atom stereocenters. The molecule has 96 valence electrons. The van der Waals surface area contributed by atoms with Gasteiger partial charge in [-0.25, -0.2) is 0 Å². The summed E-state index contributed by atoms with van der Waals surface area (Å²) in [5.41, 5.74) is 2.39. The van der Waals surface area contributed by atoms with Crippen molar-refractivity contribution in [2.75, 3.05) is 6.54 Å². The van der Waals surface area contributed by atoms with Crippen LogP contribution in [0.3, 0.4) is 0 Å². The lowest BCUT2D eigenvalue weighted by Gasteiger charge is -2.17. The van der Waals surface area contributed by atoms with Crippen molar-refractivity contribution >= 4 is 34.5 Å². The summed E-state index contributed by atoms with van der Waals surface area (Å²) < 4.78 is 1.52. The van der Waals surface area contributed by atoms with Gasteiger partial charge in [-0.05, 0) is 24.6 Å². The van der Waals surface area contributed by atoms with Crippen LogP contribution in [0.5, 0.6) is 0 Å². The minimum atomic E-state index is 0.216. The molecule has 1 atom stereocenters. The van der Waals surface area contributed by atoms with Crippen LogP contribution in [-0.4, -0.2) is 6.54 Å². The first-order valence-electron chi connectivity index (χ1n) is 5.92. The number of rotatable bonds is 5. The van der Waals surface area contributed by atoms with E-state index in [1.165, 1.54) is 16.9 Å². The second-order valence-corrected chi connectivity index (χ2v) is 6.37. The van der Waals surface area contributed by atoms with E-state index in [1.54, 1.807) is 0 Å².